The van der Waals surface area contributed by atoms with E-state index in [1.807, 2.05) is 23.1 Å². The van der Waals surface area contributed by atoms with Crippen LogP contribution in [0.25, 0.3) is 0 Å². The molecule has 2 heterocycles. The SMILES string of the molecule is CCc1cnccc1C(N)c1c(Br)cnn1CCN(C)C. The van der Waals surface area contributed by atoms with Crippen molar-refractivity contribution in [1.29, 1.82) is 0 Å². The highest BCUT2D eigenvalue weighted by Gasteiger charge is 2.20. The summed E-state index contributed by atoms with van der Waals surface area (Å²) in [4.78, 5) is 6.32. The quantitative estimate of drug-likeness (QED) is 0.866. The third-order valence-corrected chi connectivity index (χ3v) is 4.16. The van der Waals surface area contributed by atoms with Crippen LogP contribution in [0.5, 0.6) is 0 Å². The standard InChI is InChI=1S/C15H22BrN5/c1-4-11-9-18-6-5-12(11)14(17)15-13(16)10-19-21(15)8-7-20(2)3/h5-6,9-10,14H,4,7-8,17H2,1-3H3. The fourth-order valence-electron chi connectivity index (χ4n) is 2.34. The van der Waals surface area contributed by atoms with Gasteiger partial charge in [-0.05, 0) is 53.6 Å². The Morgan fingerprint density at radius 2 is 2.14 bits per heavy atom. The predicted octanol–water partition coefficient (Wildman–Crippen LogP) is 2.21. The molecular formula is C15H22BrN5. The lowest BCUT2D eigenvalue weighted by molar-refractivity contribution is 0.368. The Bertz CT molecular complexity index is 593. The molecule has 0 aliphatic heterocycles. The summed E-state index contributed by atoms with van der Waals surface area (Å²) in [5.74, 6) is 0. The molecule has 0 aliphatic carbocycles. The number of hydrogen-bond acceptors (Lipinski definition) is 4. The van der Waals surface area contributed by atoms with Crippen molar-refractivity contribution in [3.63, 3.8) is 0 Å². The van der Waals surface area contributed by atoms with Crippen LogP contribution in [-0.2, 0) is 13.0 Å². The number of aromatic nitrogens is 3. The van der Waals surface area contributed by atoms with Crippen molar-refractivity contribution in [3.8, 4) is 0 Å². The number of hydrogen-bond donors (Lipinski definition) is 1. The van der Waals surface area contributed by atoms with Gasteiger partial charge in [-0.1, -0.05) is 6.92 Å². The van der Waals surface area contributed by atoms with E-state index in [1.165, 1.54) is 5.56 Å². The van der Waals surface area contributed by atoms with E-state index in [0.29, 0.717) is 0 Å². The van der Waals surface area contributed by atoms with Gasteiger partial charge in [-0.3, -0.25) is 9.67 Å². The van der Waals surface area contributed by atoms with E-state index >= 15 is 0 Å². The molecule has 0 amide bonds. The number of likely N-dealkylation sites (N-methyl/N-ethyl adjacent to an activating group) is 1. The van der Waals surface area contributed by atoms with E-state index < -0.39 is 0 Å². The van der Waals surface area contributed by atoms with E-state index in [0.717, 1.165) is 35.2 Å². The van der Waals surface area contributed by atoms with Crippen LogP contribution in [0.15, 0.2) is 29.1 Å². The molecule has 2 rings (SSSR count). The molecule has 0 aliphatic rings. The number of halogens is 1. The second kappa shape index (κ2) is 7.15. The Labute approximate surface area is 134 Å². The molecule has 2 aromatic rings. The number of nitrogens with two attached hydrogens (primary N) is 1. The summed E-state index contributed by atoms with van der Waals surface area (Å²) in [6, 6.07) is 1.79. The minimum Gasteiger partial charge on any atom is -0.319 e. The first kappa shape index (κ1) is 16.1. The number of rotatable bonds is 6. The first-order chi connectivity index (χ1) is 10.0. The monoisotopic (exact) mass is 351 g/mol. The van der Waals surface area contributed by atoms with E-state index in [-0.39, 0.29) is 6.04 Å². The average Bonchev–Trinajstić information content (AvgIpc) is 2.85. The van der Waals surface area contributed by atoms with Gasteiger partial charge in [0.25, 0.3) is 0 Å². The summed E-state index contributed by atoms with van der Waals surface area (Å²) in [5, 5.41) is 4.44. The van der Waals surface area contributed by atoms with Crippen molar-refractivity contribution in [3.05, 3.63) is 46.0 Å². The topological polar surface area (TPSA) is 60.0 Å². The summed E-state index contributed by atoms with van der Waals surface area (Å²) in [6.07, 6.45) is 6.42. The highest BCUT2D eigenvalue weighted by atomic mass is 79.9. The molecule has 0 radical (unpaired) electrons. The van der Waals surface area contributed by atoms with Crippen molar-refractivity contribution in [2.45, 2.75) is 25.9 Å². The Balaban J connectivity index is 2.34. The number of pyridine rings is 1. The van der Waals surface area contributed by atoms with Gasteiger partial charge in [0, 0.05) is 18.9 Å². The highest BCUT2D eigenvalue weighted by Crippen LogP contribution is 2.28. The van der Waals surface area contributed by atoms with Gasteiger partial charge in [-0.2, -0.15) is 5.10 Å². The lowest BCUT2D eigenvalue weighted by Crippen LogP contribution is -2.24. The van der Waals surface area contributed by atoms with Gasteiger partial charge in [0.2, 0.25) is 0 Å². The van der Waals surface area contributed by atoms with Crippen molar-refractivity contribution in [1.82, 2.24) is 19.7 Å². The van der Waals surface area contributed by atoms with Gasteiger partial charge < -0.3 is 10.6 Å². The van der Waals surface area contributed by atoms with E-state index in [2.05, 4.69) is 51.9 Å². The molecule has 114 valence electrons. The van der Waals surface area contributed by atoms with Crippen LogP contribution in [0.1, 0.15) is 29.8 Å². The van der Waals surface area contributed by atoms with Gasteiger partial charge in [-0.15, -0.1) is 0 Å². The maximum Gasteiger partial charge on any atom is 0.0739 e. The van der Waals surface area contributed by atoms with Crippen LogP contribution in [0.4, 0.5) is 0 Å². The summed E-state index contributed by atoms with van der Waals surface area (Å²) in [6.45, 7) is 3.85. The zero-order valence-corrected chi connectivity index (χ0v) is 14.3. The largest absolute Gasteiger partial charge is 0.319 e. The fraction of sp³-hybridized carbons (Fsp3) is 0.467. The molecule has 0 spiro atoms. The predicted molar refractivity (Wildman–Crippen MR) is 88.1 cm³/mol. The first-order valence-electron chi connectivity index (χ1n) is 7.08. The molecular weight excluding hydrogens is 330 g/mol. The molecule has 0 bridgehead atoms. The molecule has 1 unspecified atom stereocenters. The average molecular weight is 352 g/mol. The first-order valence-corrected chi connectivity index (χ1v) is 7.88. The second-order valence-corrected chi connectivity index (χ2v) is 6.16. The Morgan fingerprint density at radius 3 is 2.81 bits per heavy atom. The summed E-state index contributed by atoms with van der Waals surface area (Å²) >= 11 is 3.58. The molecule has 5 nitrogen and oxygen atoms in total. The molecule has 1 atom stereocenters. The molecule has 0 saturated carbocycles. The van der Waals surface area contributed by atoms with Crippen molar-refractivity contribution >= 4 is 15.9 Å². The van der Waals surface area contributed by atoms with Crippen LogP contribution in [0, 0.1) is 0 Å². The van der Waals surface area contributed by atoms with Crippen LogP contribution in [-0.4, -0.2) is 40.3 Å². The van der Waals surface area contributed by atoms with E-state index in [4.69, 9.17) is 5.73 Å². The van der Waals surface area contributed by atoms with Gasteiger partial charge in [0.15, 0.2) is 0 Å². The lowest BCUT2D eigenvalue weighted by atomic mass is 9.99. The Hall–Kier alpha value is -1.24. The Morgan fingerprint density at radius 1 is 1.38 bits per heavy atom. The van der Waals surface area contributed by atoms with Crippen molar-refractivity contribution < 1.29 is 0 Å². The van der Waals surface area contributed by atoms with E-state index in [9.17, 15) is 0 Å². The second-order valence-electron chi connectivity index (χ2n) is 5.31. The minimum absolute atomic E-state index is 0.206. The van der Waals surface area contributed by atoms with Crippen LogP contribution in [0.3, 0.4) is 0 Å². The molecule has 2 aromatic heterocycles. The molecule has 6 heteroatoms. The maximum absolute atomic E-state index is 6.51. The molecule has 0 saturated heterocycles. The number of nitrogens with zero attached hydrogens (tertiary/aromatic N) is 4. The third-order valence-electron chi connectivity index (χ3n) is 3.54. The minimum atomic E-state index is -0.206. The van der Waals surface area contributed by atoms with Crippen molar-refractivity contribution in [2.75, 3.05) is 20.6 Å². The van der Waals surface area contributed by atoms with Crippen LogP contribution < -0.4 is 5.73 Å². The van der Waals surface area contributed by atoms with Crippen LogP contribution in [0.2, 0.25) is 0 Å². The zero-order chi connectivity index (χ0) is 15.4. The van der Waals surface area contributed by atoms with Gasteiger partial charge >= 0.3 is 0 Å². The highest BCUT2D eigenvalue weighted by molar-refractivity contribution is 9.10. The molecule has 2 N–H and O–H groups in total. The normalized spacial score (nSPS) is 12.9. The van der Waals surface area contributed by atoms with Crippen molar-refractivity contribution in [2.24, 2.45) is 5.73 Å². The zero-order valence-electron chi connectivity index (χ0n) is 12.8. The summed E-state index contributed by atoms with van der Waals surface area (Å²) in [5.41, 5.74) is 9.81. The molecule has 0 fully saturated rings. The smallest absolute Gasteiger partial charge is 0.0739 e. The number of aryl methyl sites for hydroxylation is 1. The summed E-state index contributed by atoms with van der Waals surface area (Å²) in [7, 11) is 4.10. The maximum atomic E-state index is 6.51. The van der Waals surface area contributed by atoms with Crippen LogP contribution >= 0.6 is 15.9 Å². The Kier molecular flexibility index (Phi) is 5.50. The third kappa shape index (κ3) is 3.70. The van der Waals surface area contributed by atoms with Gasteiger partial charge in [0.05, 0.1) is 29.0 Å². The van der Waals surface area contributed by atoms with Gasteiger partial charge in [0.1, 0.15) is 0 Å². The molecule has 0 aromatic carbocycles. The summed E-state index contributed by atoms with van der Waals surface area (Å²) < 4.78 is 2.93. The van der Waals surface area contributed by atoms with Gasteiger partial charge in [-0.25, -0.2) is 0 Å². The van der Waals surface area contributed by atoms with E-state index in [1.54, 1.807) is 6.20 Å². The molecule has 21 heavy (non-hydrogen) atoms. The fourth-order valence-corrected chi connectivity index (χ4v) is 2.88. The lowest BCUT2D eigenvalue weighted by Gasteiger charge is -2.19.